The molecule has 1 aliphatic carbocycles. The van der Waals surface area contributed by atoms with Crippen LogP contribution in [0.5, 0.6) is 0 Å². The lowest BCUT2D eigenvalue weighted by molar-refractivity contribution is 0.0197. The van der Waals surface area contributed by atoms with E-state index in [-0.39, 0.29) is 24.1 Å². The van der Waals surface area contributed by atoms with Crippen LogP contribution in [-0.4, -0.2) is 55.4 Å². The molecule has 4 rings (SSSR count). The molecule has 9 heteroatoms. The molecular formula is C26H38N6O2S. The third kappa shape index (κ3) is 6.08. The van der Waals surface area contributed by atoms with Gasteiger partial charge in [0, 0.05) is 18.3 Å². The summed E-state index contributed by atoms with van der Waals surface area (Å²) in [5, 5.41) is 18.5. The summed E-state index contributed by atoms with van der Waals surface area (Å²) in [4.78, 5) is 19.0. The highest BCUT2D eigenvalue weighted by molar-refractivity contribution is 7.21. The van der Waals surface area contributed by atoms with E-state index in [2.05, 4.69) is 22.5 Å². The van der Waals surface area contributed by atoms with Gasteiger partial charge >= 0.3 is 0 Å². The zero-order valence-electron chi connectivity index (χ0n) is 21.8. The summed E-state index contributed by atoms with van der Waals surface area (Å²) in [6.45, 7) is 14.5. The number of nitrogens with one attached hydrogen (secondary N) is 2. The van der Waals surface area contributed by atoms with Gasteiger partial charge in [0.1, 0.15) is 16.3 Å². The Kier molecular flexibility index (Phi) is 7.59. The monoisotopic (exact) mass is 498 g/mol. The van der Waals surface area contributed by atoms with Crippen molar-refractivity contribution in [2.24, 2.45) is 5.92 Å². The summed E-state index contributed by atoms with van der Waals surface area (Å²) in [6.07, 6.45) is 4.87. The van der Waals surface area contributed by atoms with Crippen LogP contribution in [0, 0.1) is 19.8 Å². The highest BCUT2D eigenvalue weighted by Crippen LogP contribution is 2.40. The lowest BCUT2D eigenvalue weighted by Crippen LogP contribution is -2.30. The summed E-state index contributed by atoms with van der Waals surface area (Å²) in [5.74, 6) is 1.61. The third-order valence-electron chi connectivity index (χ3n) is 6.62. The molecule has 190 valence electrons. The largest absolute Gasteiger partial charge is 0.390 e. The Hall–Kier alpha value is -2.36. The zero-order chi connectivity index (χ0) is 25.3. The number of ether oxygens (including phenoxy) is 1. The van der Waals surface area contributed by atoms with Crippen LogP contribution in [0.4, 0.5) is 11.8 Å². The van der Waals surface area contributed by atoms with Crippen molar-refractivity contribution in [2.45, 2.75) is 91.5 Å². The molecule has 3 aromatic rings. The molecule has 3 atom stereocenters. The minimum atomic E-state index is -0.684. The number of nitrogens with zero attached hydrogens (tertiary/aromatic N) is 4. The summed E-state index contributed by atoms with van der Waals surface area (Å²) >= 11 is 1.64. The van der Waals surface area contributed by atoms with Gasteiger partial charge in [-0.25, -0.2) is 9.97 Å². The number of anilines is 2. The minimum Gasteiger partial charge on any atom is -0.390 e. The second-order valence-electron chi connectivity index (χ2n) is 10.6. The quantitative estimate of drug-likeness (QED) is 0.363. The average Bonchev–Trinajstić information content (AvgIpc) is 3.40. The number of pyridine rings is 1. The van der Waals surface area contributed by atoms with Gasteiger partial charge in [-0.1, -0.05) is 0 Å². The zero-order valence-corrected chi connectivity index (χ0v) is 22.7. The fourth-order valence-corrected chi connectivity index (χ4v) is 5.74. The topological polar surface area (TPSA) is 105 Å². The second kappa shape index (κ2) is 10.3. The number of aromatic nitrogens is 4. The van der Waals surface area contributed by atoms with Crippen LogP contribution < -0.4 is 10.6 Å². The fraction of sp³-hybridized carbons (Fsp3) is 0.615. The maximum absolute atomic E-state index is 10.5. The fourth-order valence-electron chi connectivity index (χ4n) is 4.63. The lowest BCUT2D eigenvalue weighted by Gasteiger charge is -2.26. The van der Waals surface area contributed by atoms with E-state index in [1.54, 1.807) is 11.3 Å². The third-order valence-corrected chi connectivity index (χ3v) is 7.66. The first kappa shape index (κ1) is 25.7. The molecular weight excluding hydrogens is 460 g/mol. The van der Waals surface area contributed by atoms with E-state index >= 15 is 0 Å². The number of aliphatic hydroxyl groups is 1. The summed E-state index contributed by atoms with van der Waals surface area (Å²) < 4.78 is 6.85. The van der Waals surface area contributed by atoms with Crippen molar-refractivity contribution in [1.29, 1.82) is 0 Å². The van der Waals surface area contributed by atoms with Gasteiger partial charge in [-0.05, 0) is 79.7 Å². The maximum atomic E-state index is 10.5. The Balaban J connectivity index is 1.68. The van der Waals surface area contributed by atoms with Crippen molar-refractivity contribution < 1.29 is 9.84 Å². The van der Waals surface area contributed by atoms with E-state index in [0.29, 0.717) is 12.6 Å². The molecule has 3 unspecified atom stereocenters. The lowest BCUT2D eigenvalue weighted by atomic mass is 9.89. The second-order valence-corrected chi connectivity index (χ2v) is 11.6. The molecule has 1 saturated carbocycles. The molecule has 3 heterocycles. The number of hydrogen-bond acceptors (Lipinski definition) is 9. The van der Waals surface area contributed by atoms with Crippen molar-refractivity contribution >= 4 is 33.3 Å². The van der Waals surface area contributed by atoms with Gasteiger partial charge in [0.2, 0.25) is 5.95 Å². The van der Waals surface area contributed by atoms with Gasteiger partial charge < -0.3 is 20.5 Å². The molecule has 1 aliphatic rings. The summed E-state index contributed by atoms with van der Waals surface area (Å²) in [7, 11) is 0. The molecule has 0 saturated heterocycles. The van der Waals surface area contributed by atoms with Crippen LogP contribution in [0.1, 0.15) is 65.3 Å². The van der Waals surface area contributed by atoms with Crippen molar-refractivity contribution in [3.05, 3.63) is 23.7 Å². The Labute approximate surface area is 212 Å². The molecule has 0 spiro atoms. The van der Waals surface area contributed by atoms with E-state index in [9.17, 15) is 5.11 Å². The van der Waals surface area contributed by atoms with Crippen molar-refractivity contribution in [3.63, 3.8) is 0 Å². The Morgan fingerprint density at radius 2 is 1.91 bits per heavy atom. The first-order valence-corrected chi connectivity index (χ1v) is 13.3. The van der Waals surface area contributed by atoms with E-state index in [0.717, 1.165) is 57.3 Å². The smallest absolute Gasteiger partial charge is 0.225 e. The van der Waals surface area contributed by atoms with Crippen LogP contribution in [-0.2, 0) is 4.74 Å². The van der Waals surface area contributed by atoms with Crippen molar-refractivity contribution in [1.82, 2.24) is 19.9 Å². The molecule has 8 nitrogen and oxygen atoms in total. The molecule has 0 amide bonds. The summed E-state index contributed by atoms with van der Waals surface area (Å²) in [6, 6.07) is 2.30. The van der Waals surface area contributed by atoms with Gasteiger partial charge in [-0.2, -0.15) is 4.98 Å². The van der Waals surface area contributed by atoms with Crippen LogP contribution in [0.25, 0.3) is 20.8 Å². The Morgan fingerprint density at radius 1 is 1.14 bits per heavy atom. The number of thiazole rings is 1. The standard InChI is InChI=1S/C26H38N6O2S/c1-14(2)34-13-15(3)28-25-29-16(4)21(24-31-22-17(5)27-11-10-20(22)35-24)23(32-25)30-19-9-8-18(12-19)26(6,7)33/h10-11,14-15,18-19,33H,8-9,12-13H2,1-7H3,(H2,28,29,30,32). The molecule has 35 heavy (non-hydrogen) atoms. The van der Waals surface area contributed by atoms with Gasteiger partial charge in [0.15, 0.2) is 0 Å². The van der Waals surface area contributed by atoms with E-state index in [1.165, 1.54) is 0 Å². The van der Waals surface area contributed by atoms with Gasteiger partial charge in [0.05, 0.1) is 40.0 Å². The maximum Gasteiger partial charge on any atom is 0.225 e. The number of hydrogen-bond donors (Lipinski definition) is 3. The molecule has 1 fully saturated rings. The van der Waals surface area contributed by atoms with E-state index < -0.39 is 5.60 Å². The Morgan fingerprint density at radius 3 is 2.57 bits per heavy atom. The van der Waals surface area contributed by atoms with Crippen molar-refractivity contribution in [2.75, 3.05) is 17.2 Å². The highest BCUT2D eigenvalue weighted by Gasteiger charge is 2.35. The number of fused-ring (bicyclic) bond motifs is 1. The van der Waals surface area contributed by atoms with Crippen LogP contribution in [0.3, 0.4) is 0 Å². The van der Waals surface area contributed by atoms with Gasteiger partial charge in [-0.3, -0.25) is 4.98 Å². The Bertz CT molecular complexity index is 1170. The minimum absolute atomic E-state index is 0.0673. The van der Waals surface area contributed by atoms with Gasteiger partial charge in [-0.15, -0.1) is 11.3 Å². The van der Waals surface area contributed by atoms with E-state index in [1.807, 2.05) is 53.8 Å². The van der Waals surface area contributed by atoms with E-state index in [4.69, 9.17) is 19.7 Å². The first-order valence-electron chi connectivity index (χ1n) is 12.5. The van der Waals surface area contributed by atoms with Crippen LogP contribution in [0.2, 0.25) is 0 Å². The predicted octanol–water partition coefficient (Wildman–Crippen LogP) is 5.34. The molecule has 0 aromatic carbocycles. The molecule has 3 N–H and O–H groups in total. The number of aryl methyl sites for hydroxylation is 2. The average molecular weight is 499 g/mol. The number of rotatable bonds is 9. The molecule has 0 bridgehead atoms. The summed E-state index contributed by atoms with van der Waals surface area (Å²) in [5.41, 5.74) is 2.94. The molecule has 0 aliphatic heterocycles. The predicted molar refractivity (Wildman–Crippen MR) is 143 cm³/mol. The normalized spacial score (nSPS) is 19.5. The van der Waals surface area contributed by atoms with Crippen LogP contribution >= 0.6 is 11.3 Å². The van der Waals surface area contributed by atoms with Gasteiger partial charge in [0.25, 0.3) is 0 Å². The SMILES string of the molecule is Cc1nc(NC(C)COC(C)C)nc(NC2CCC(C(C)(C)O)C2)c1-c1nc2c(C)nccc2s1. The van der Waals surface area contributed by atoms with Crippen LogP contribution in [0.15, 0.2) is 12.3 Å². The van der Waals surface area contributed by atoms with Crippen molar-refractivity contribution in [3.8, 4) is 10.6 Å². The molecule has 3 aromatic heterocycles. The first-order chi connectivity index (χ1) is 16.5. The highest BCUT2D eigenvalue weighted by atomic mass is 32.1. The molecule has 0 radical (unpaired) electrons.